The molecule has 1 aromatic heterocycles. The monoisotopic (exact) mass is 300 g/mol. The Hall–Kier alpha value is -1.27. The molecule has 1 amide bonds. The van der Waals surface area contributed by atoms with E-state index in [4.69, 9.17) is 11.6 Å². The van der Waals surface area contributed by atoms with Gasteiger partial charge in [-0.25, -0.2) is 9.78 Å². The number of carboxylic acids is 1. The molecule has 0 spiro atoms. The number of aromatic nitrogens is 1. The number of halogens is 1. The summed E-state index contributed by atoms with van der Waals surface area (Å²) in [7, 11) is 0. The van der Waals surface area contributed by atoms with Crippen LogP contribution in [0.25, 0.3) is 0 Å². The molecule has 1 N–H and O–H groups in total. The number of aliphatic carboxylic acids is 1. The van der Waals surface area contributed by atoms with Crippen LogP contribution in [0, 0.1) is 0 Å². The zero-order valence-electron chi connectivity index (χ0n) is 10.2. The molecule has 5 nitrogen and oxygen atoms in total. The molecule has 2 atom stereocenters. The molecule has 1 aromatic rings. The van der Waals surface area contributed by atoms with Crippen LogP contribution in [0.1, 0.15) is 23.7 Å². The lowest BCUT2D eigenvalue weighted by Gasteiger charge is -2.26. The molecule has 0 aliphatic carbocycles. The van der Waals surface area contributed by atoms with Gasteiger partial charge in [-0.15, -0.1) is 11.8 Å². The van der Waals surface area contributed by atoms with Crippen LogP contribution >= 0.6 is 23.4 Å². The van der Waals surface area contributed by atoms with Gasteiger partial charge in [-0.05, 0) is 18.6 Å². The van der Waals surface area contributed by atoms with E-state index in [0.717, 1.165) is 0 Å². The summed E-state index contributed by atoms with van der Waals surface area (Å²) in [6.45, 7) is 1.93. The quantitative estimate of drug-likeness (QED) is 0.866. The molecule has 1 saturated heterocycles. The number of amides is 1. The fourth-order valence-corrected chi connectivity index (χ4v) is 3.55. The van der Waals surface area contributed by atoms with Gasteiger partial charge in [0.2, 0.25) is 0 Å². The third kappa shape index (κ3) is 2.84. The Morgan fingerprint density at radius 3 is 2.95 bits per heavy atom. The van der Waals surface area contributed by atoms with Gasteiger partial charge in [-0.3, -0.25) is 4.79 Å². The second-order valence-corrected chi connectivity index (χ2v) is 5.73. The van der Waals surface area contributed by atoms with Gasteiger partial charge in [-0.2, -0.15) is 0 Å². The summed E-state index contributed by atoms with van der Waals surface area (Å²) < 4.78 is 0. The van der Waals surface area contributed by atoms with E-state index in [1.54, 1.807) is 6.07 Å². The predicted octanol–water partition coefficient (Wildman–Crippen LogP) is 2.11. The lowest BCUT2D eigenvalue weighted by atomic mass is 10.2. The van der Waals surface area contributed by atoms with Gasteiger partial charge >= 0.3 is 5.97 Å². The van der Waals surface area contributed by atoms with Crippen molar-refractivity contribution >= 4 is 35.2 Å². The van der Waals surface area contributed by atoms with Crippen molar-refractivity contribution in [2.24, 2.45) is 0 Å². The van der Waals surface area contributed by atoms with E-state index in [1.807, 2.05) is 6.92 Å². The lowest BCUT2D eigenvalue weighted by Crippen LogP contribution is -2.45. The van der Waals surface area contributed by atoms with Crippen molar-refractivity contribution in [1.82, 2.24) is 9.88 Å². The van der Waals surface area contributed by atoms with E-state index >= 15 is 0 Å². The summed E-state index contributed by atoms with van der Waals surface area (Å²) in [6.07, 6.45) is 2.15. The Morgan fingerprint density at radius 1 is 1.63 bits per heavy atom. The number of carbonyl (C=O) groups is 2. The Balaban J connectivity index is 2.31. The summed E-state index contributed by atoms with van der Waals surface area (Å²) >= 11 is 7.25. The van der Waals surface area contributed by atoms with E-state index in [0.29, 0.717) is 17.7 Å². The maximum absolute atomic E-state index is 12.4. The molecule has 1 aliphatic heterocycles. The number of rotatable bonds is 3. The van der Waals surface area contributed by atoms with Crippen LogP contribution in [0.5, 0.6) is 0 Å². The summed E-state index contributed by atoms with van der Waals surface area (Å²) in [5.41, 5.74) is 0.368. The minimum absolute atomic E-state index is 0.111. The zero-order valence-corrected chi connectivity index (χ0v) is 11.8. The molecule has 0 aromatic carbocycles. The summed E-state index contributed by atoms with van der Waals surface area (Å²) in [5.74, 6) is -0.871. The van der Waals surface area contributed by atoms with Crippen molar-refractivity contribution in [3.05, 3.63) is 29.0 Å². The average molecular weight is 301 g/mol. The first-order valence-corrected chi connectivity index (χ1v) is 7.26. The van der Waals surface area contributed by atoms with Gasteiger partial charge in [-0.1, -0.05) is 18.5 Å². The van der Waals surface area contributed by atoms with Crippen molar-refractivity contribution in [1.29, 1.82) is 0 Å². The van der Waals surface area contributed by atoms with Gasteiger partial charge < -0.3 is 10.0 Å². The average Bonchev–Trinajstić information content (AvgIpc) is 2.81. The van der Waals surface area contributed by atoms with E-state index in [1.165, 1.54) is 28.9 Å². The number of thioether (sulfide) groups is 1. The van der Waals surface area contributed by atoms with Crippen LogP contribution in [0.2, 0.25) is 5.15 Å². The molecule has 0 bridgehead atoms. The number of carbonyl (C=O) groups excluding carboxylic acids is 1. The van der Waals surface area contributed by atoms with Gasteiger partial charge in [0.15, 0.2) is 0 Å². The second kappa shape index (κ2) is 5.79. The number of pyridine rings is 1. The van der Waals surface area contributed by atoms with Crippen LogP contribution < -0.4 is 0 Å². The molecule has 2 heterocycles. The van der Waals surface area contributed by atoms with Gasteiger partial charge in [0.1, 0.15) is 11.2 Å². The predicted molar refractivity (Wildman–Crippen MR) is 73.4 cm³/mol. The van der Waals surface area contributed by atoms with Crippen LogP contribution in [-0.4, -0.2) is 44.0 Å². The standard InChI is InChI=1S/C12H13ClN2O3S/c1-2-10-15(8(6-19-10)12(17)18)11(16)7-3-4-14-9(13)5-7/h3-5,8,10H,2,6H2,1H3,(H,17,18). The summed E-state index contributed by atoms with van der Waals surface area (Å²) in [4.78, 5) is 28.9. The molecule has 19 heavy (non-hydrogen) atoms. The highest BCUT2D eigenvalue weighted by molar-refractivity contribution is 8.00. The van der Waals surface area contributed by atoms with Crippen molar-refractivity contribution in [3.63, 3.8) is 0 Å². The topological polar surface area (TPSA) is 70.5 Å². The first-order chi connectivity index (χ1) is 9.04. The molecule has 1 aliphatic rings. The Kier molecular flexibility index (Phi) is 4.31. The van der Waals surface area contributed by atoms with Crippen molar-refractivity contribution in [3.8, 4) is 0 Å². The van der Waals surface area contributed by atoms with Gasteiger partial charge in [0.25, 0.3) is 5.91 Å². The highest BCUT2D eigenvalue weighted by Gasteiger charge is 2.41. The van der Waals surface area contributed by atoms with E-state index in [9.17, 15) is 14.7 Å². The molecule has 2 rings (SSSR count). The molecule has 0 saturated carbocycles. The van der Waals surface area contributed by atoms with Crippen LogP contribution in [0.3, 0.4) is 0 Å². The molecule has 7 heteroatoms. The van der Waals surface area contributed by atoms with E-state index in [-0.39, 0.29) is 16.4 Å². The van der Waals surface area contributed by atoms with Crippen molar-refractivity contribution < 1.29 is 14.7 Å². The minimum atomic E-state index is -0.975. The van der Waals surface area contributed by atoms with Crippen LogP contribution in [0.4, 0.5) is 0 Å². The molecule has 102 valence electrons. The molecular weight excluding hydrogens is 288 g/mol. The van der Waals surface area contributed by atoms with Crippen LogP contribution in [0.15, 0.2) is 18.3 Å². The van der Waals surface area contributed by atoms with Crippen LogP contribution in [-0.2, 0) is 4.79 Å². The largest absolute Gasteiger partial charge is 0.480 e. The fourth-order valence-electron chi connectivity index (χ4n) is 2.03. The normalized spacial score (nSPS) is 22.5. The van der Waals surface area contributed by atoms with E-state index < -0.39 is 12.0 Å². The maximum atomic E-state index is 12.4. The van der Waals surface area contributed by atoms with Crippen molar-refractivity contribution in [2.45, 2.75) is 24.8 Å². The summed E-state index contributed by atoms with van der Waals surface area (Å²) in [6, 6.07) is 2.22. The second-order valence-electron chi connectivity index (χ2n) is 4.13. The summed E-state index contributed by atoms with van der Waals surface area (Å²) in [5, 5.41) is 9.31. The zero-order chi connectivity index (χ0) is 14.0. The first-order valence-electron chi connectivity index (χ1n) is 5.83. The lowest BCUT2D eigenvalue weighted by molar-refractivity contribution is -0.141. The highest BCUT2D eigenvalue weighted by atomic mass is 35.5. The first kappa shape index (κ1) is 14.1. The Bertz CT molecular complexity index is 512. The number of hydrogen-bond donors (Lipinski definition) is 1. The molecule has 2 unspecified atom stereocenters. The smallest absolute Gasteiger partial charge is 0.327 e. The highest BCUT2D eigenvalue weighted by Crippen LogP contribution is 2.32. The molecule has 0 radical (unpaired) electrons. The maximum Gasteiger partial charge on any atom is 0.327 e. The minimum Gasteiger partial charge on any atom is -0.480 e. The van der Waals surface area contributed by atoms with Crippen molar-refractivity contribution in [2.75, 3.05) is 5.75 Å². The molecular formula is C12H13ClN2O3S. The Labute approximate surface area is 120 Å². The van der Waals surface area contributed by atoms with E-state index in [2.05, 4.69) is 4.98 Å². The fraction of sp³-hybridized carbons (Fsp3) is 0.417. The SMILES string of the molecule is CCC1SCC(C(=O)O)N1C(=O)c1ccnc(Cl)c1. The van der Waals surface area contributed by atoms with Gasteiger partial charge in [0.05, 0.1) is 5.37 Å². The Morgan fingerprint density at radius 2 is 2.37 bits per heavy atom. The number of nitrogens with zero attached hydrogens (tertiary/aromatic N) is 2. The number of carboxylic acid groups (broad SMARTS) is 1. The van der Waals surface area contributed by atoms with Gasteiger partial charge in [0, 0.05) is 17.5 Å². The molecule has 1 fully saturated rings. The third-order valence-electron chi connectivity index (χ3n) is 2.93. The number of hydrogen-bond acceptors (Lipinski definition) is 4. The third-order valence-corrected chi connectivity index (χ3v) is 4.59.